The second-order valence-electron chi connectivity index (χ2n) is 9.37. The molecule has 1 atom stereocenters. The maximum absolute atomic E-state index is 13.3. The van der Waals surface area contributed by atoms with Gasteiger partial charge in [-0.05, 0) is 66.1 Å². The molecular formula is C32H28N2O5. The summed E-state index contributed by atoms with van der Waals surface area (Å²) in [5.41, 5.74) is 4.05. The topological polar surface area (TPSA) is 89.0 Å². The highest BCUT2D eigenvalue weighted by Crippen LogP contribution is 2.41. The molecule has 3 aromatic carbocycles. The molecule has 5 rings (SSSR count). The SMILES string of the molecule is COc1cccc([C@@H]2C(=C(O)c3ccc(OCc4cccc(C)c4)cc3)C(=O)C(=O)N2Cc2cccnc2)c1. The van der Waals surface area contributed by atoms with Crippen LogP contribution in [0, 0.1) is 6.92 Å². The van der Waals surface area contributed by atoms with Crippen molar-refractivity contribution in [2.75, 3.05) is 7.11 Å². The summed E-state index contributed by atoms with van der Waals surface area (Å²) in [7, 11) is 1.55. The molecule has 1 aliphatic rings. The Balaban J connectivity index is 1.48. The van der Waals surface area contributed by atoms with E-state index in [-0.39, 0.29) is 17.9 Å². The van der Waals surface area contributed by atoms with Crippen LogP contribution in [0.25, 0.3) is 5.76 Å². The summed E-state index contributed by atoms with van der Waals surface area (Å²) in [4.78, 5) is 32.2. The van der Waals surface area contributed by atoms with E-state index in [1.165, 1.54) is 4.90 Å². The van der Waals surface area contributed by atoms with Crippen molar-refractivity contribution < 1.29 is 24.2 Å². The standard InChI is InChI=1S/C32H28N2O5/c1-21-6-3-7-22(16-21)20-39-26-13-11-24(12-14-26)30(35)28-29(25-9-4-10-27(17-25)38-2)34(32(37)31(28)36)19-23-8-5-15-33-18-23/h3-18,29,35H,19-20H2,1-2H3/t29-/m1/s1. The van der Waals surface area contributed by atoms with Crippen LogP contribution in [0.2, 0.25) is 0 Å². The third kappa shape index (κ3) is 5.52. The number of pyridine rings is 1. The largest absolute Gasteiger partial charge is 0.507 e. The number of carbonyl (C=O) groups is 2. The van der Waals surface area contributed by atoms with E-state index in [0.29, 0.717) is 29.2 Å². The third-order valence-electron chi connectivity index (χ3n) is 6.64. The molecule has 1 aliphatic heterocycles. The van der Waals surface area contributed by atoms with Crippen LogP contribution in [0.3, 0.4) is 0 Å². The number of aliphatic hydroxyl groups excluding tert-OH is 1. The molecule has 1 N–H and O–H groups in total. The molecule has 4 aromatic rings. The van der Waals surface area contributed by atoms with E-state index in [4.69, 9.17) is 9.47 Å². The molecule has 7 heteroatoms. The van der Waals surface area contributed by atoms with Gasteiger partial charge in [0.15, 0.2) is 0 Å². The Kier molecular flexibility index (Phi) is 7.41. The minimum Gasteiger partial charge on any atom is -0.507 e. The number of hydrogen-bond acceptors (Lipinski definition) is 6. The Labute approximate surface area is 227 Å². The number of rotatable bonds is 8. The first-order valence-electron chi connectivity index (χ1n) is 12.5. The Morgan fingerprint density at radius 3 is 2.41 bits per heavy atom. The number of likely N-dealkylation sites (tertiary alicyclic amines) is 1. The van der Waals surface area contributed by atoms with Crippen molar-refractivity contribution in [3.8, 4) is 11.5 Å². The predicted octanol–water partition coefficient (Wildman–Crippen LogP) is 5.60. The smallest absolute Gasteiger partial charge is 0.295 e. The number of methoxy groups -OCH3 is 1. The van der Waals surface area contributed by atoms with Crippen LogP contribution in [-0.4, -0.2) is 33.8 Å². The number of Topliss-reactive ketones (excluding diaryl/α,β-unsaturated/α-hetero) is 1. The fourth-order valence-electron chi connectivity index (χ4n) is 4.72. The number of benzene rings is 3. The van der Waals surface area contributed by atoms with Gasteiger partial charge >= 0.3 is 0 Å². The molecule has 0 bridgehead atoms. The molecule has 39 heavy (non-hydrogen) atoms. The summed E-state index contributed by atoms with van der Waals surface area (Å²) in [6.07, 6.45) is 3.29. The quantitative estimate of drug-likeness (QED) is 0.185. The van der Waals surface area contributed by atoms with Crippen molar-refractivity contribution in [2.45, 2.75) is 26.1 Å². The second kappa shape index (κ2) is 11.2. The Morgan fingerprint density at radius 1 is 0.923 bits per heavy atom. The fourth-order valence-corrected chi connectivity index (χ4v) is 4.72. The Morgan fingerprint density at radius 2 is 1.69 bits per heavy atom. The first-order chi connectivity index (χ1) is 18.9. The third-order valence-corrected chi connectivity index (χ3v) is 6.64. The molecule has 0 saturated carbocycles. The minimum atomic E-state index is -0.808. The average molecular weight is 521 g/mol. The van der Waals surface area contributed by atoms with E-state index in [2.05, 4.69) is 11.1 Å². The molecule has 1 saturated heterocycles. The number of ketones is 1. The summed E-state index contributed by atoms with van der Waals surface area (Å²) < 4.78 is 11.3. The van der Waals surface area contributed by atoms with Gasteiger partial charge in [0, 0.05) is 24.5 Å². The van der Waals surface area contributed by atoms with Crippen molar-refractivity contribution >= 4 is 17.4 Å². The zero-order chi connectivity index (χ0) is 27.4. The maximum atomic E-state index is 13.3. The van der Waals surface area contributed by atoms with Crippen LogP contribution in [0.4, 0.5) is 0 Å². The van der Waals surface area contributed by atoms with Crippen LogP contribution in [0.1, 0.15) is 33.9 Å². The molecule has 7 nitrogen and oxygen atoms in total. The van der Waals surface area contributed by atoms with E-state index >= 15 is 0 Å². The van der Waals surface area contributed by atoms with Crippen LogP contribution < -0.4 is 9.47 Å². The minimum absolute atomic E-state index is 0.0190. The summed E-state index contributed by atoms with van der Waals surface area (Å²) in [5.74, 6) is -0.487. The Bertz CT molecular complexity index is 1530. The van der Waals surface area contributed by atoms with Gasteiger partial charge < -0.3 is 19.5 Å². The number of aryl methyl sites for hydroxylation is 1. The van der Waals surface area contributed by atoms with Crippen molar-refractivity contribution in [3.63, 3.8) is 0 Å². The number of hydrogen-bond donors (Lipinski definition) is 1. The zero-order valence-corrected chi connectivity index (χ0v) is 21.7. The lowest BCUT2D eigenvalue weighted by molar-refractivity contribution is -0.140. The van der Waals surface area contributed by atoms with Gasteiger partial charge in [-0.3, -0.25) is 14.6 Å². The van der Waals surface area contributed by atoms with Crippen LogP contribution in [0.5, 0.6) is 11.5 Å². The molecule has 1 fully saturated rings. The van der Waals surface area contributed by atoms with Gasteiger partial charge in [-0.25, -0.2) is 0 Å². The van der Waals surface area contributed by atoms with Crippen molar-refractivity contribution in [1.82, 2.24) is 9.88 Å². The lowest BCUT2D eigenvalue weighted by Crippen LogP contribution is -2.29. The van der Waals surface area contributed by atoms with Crippen LogP contribution in [-0.2, 0) is 22.7 Å². The summed E-state index contributed by atoms with van der Waals surface area (Å²) in [6.45, 7) is 2.59. The molecule has 0 spiro atoms. The second-order valence-corrected chi connectivity index (χ2v) is 9.37. The maximum Gasteiger partial charge on any atom is 0.295 e. The highest BCUT2D eigenvalue weighted by Gasteiger charge is 2.46. The molecule has 0 unspecified atom stereocenters. The molecule has 0 radical (unpaired) electrons. The Hall–Kier alpha value is -4.91. The van der Waals surface area contributed by atoms with Gasteiger partial charge in [-0.1, -0.05) is 48.0 Å². The van der Waals surface area contributed by atoms with Crippen LogP contribution >= 0.6 is 0 Å². The lowest BCUT2D eigenvalue weighted by atomic mass is 9.95. The monoisotopic (exact) mass is 520 g/mol. The molecule has 0 aliphatic carbocycles. The lowest BCUT2D eigenvalue weighted by Gasteiger charge is -2.25. The highest BCUT2D eigenvalue weighted by atomic mass is 16.5. The van der Waals surface area contributed by atoms with E-state index in [1.807, 2.05) is 37.3 Å². The first kappa shape index (κ1) is 25.7. The number of amides is 1. The molecule has 2 heterocycles. The van der Waals surface area contributed by atoms with Gasteiger partial charge in [-0.15, -0.1) is 0 Å². The van der Waals surface area contributed by atoms with E-state index in [9.17, 15) is 14.7 Å². The average Bonchev–Trinajstić information content (AvgIpc) is 3.21. The zero-order valence-electron chi connectivity index (χ0n) is 21.7. The molecular weight excluding hydrogens is 492 g/mol. The highest BCUT2D eigenvalue weighted by molar-refractivity contribution is 6.46. The number of aromatic nitrogens is 1. The molecule has 1 aromatic heterocycles. The predicted molar refractivity (Wildman–Crippen MR) is 147 cm³/mol. The van der Waals surface area contributed by atoms with Gasteiger partial charge in [-0.2, -0.15) is 0 Å². The van der Waals surface area contributed by atoms with E-state index in [0.717, 1.165) is 16.7 Å². The van der Waals surface area contributed by atoms with Gasteiger partial charge in [0.2, 0.25) is 0 Å². The number of nitrogens with zero attached hydrogens (tertiary/aromatic N) is 2. The van der Waals surface area contributed by atoms with Gasteiger partial charge in [0.25, 0.3) is 11.7 Å². The first-order valence-corrected chi connectivity index (χ1v) is 12.5. The van der Waals surface area contributed by atoms with Crippen molar-refractivity contribution in [3.05, 3.63) is 131 Å². The normalized spacial score (nSPS) is 16.4. The molecule has 196 valence electrons. The van der Waals surface area contributed by atoms with Crippen molar-refractivity contribution in [1.29, 1.82) is 0 Å². The summed E-state index contributed by atoms with van der Waals surface area (Å²) in [5, 5.41) is 11.4. The van der Waals surface area contributed by atoms with Crippen molar-refractivity contribution in [2.24, 2.45) is 0 Å². The van der Waals surface area contributed by atoms with Gasteiger partial charge in [0.05, 0.1) is 18.7 Å². The van der Waals surface area contributed by atoms with Gasteiger partial charge in [0.1, 0.15) is 23.9 Å². The number of ether oxygens (including phenoxy) is 2. The van der Waals surface area contributed by atoms with E-state index in [1.54, 1.807) is 68.0 Å². The van der Waals surface area contributed by atoms with E-state index < -0.39 is 17.7 Å². The number of aliphatic hydroxyl groups is 1. The fraction of sp³-hybridized carbons (Fsp3) is 0.156. The molecule has 1 amide bonds. The van der Waals surface area contributed by atoms with Crippen LogP contribution in [0.15, 0.2) is 103 Å². The number of carbonyl (C=O) groups excluding carboxylic acids is 2. The summed E-state index contributed by atoms with van der Waals surface area (Å²) in [6, 6.07) is 24.8. The summed E-state index contributed by atoms with van der Waals surface area (Å²) >= 11 is 0.